The molecule has 1 saturated carbocycles. The maximum absolute atomic E-state index is 12.0. The van der Waals surface area contributed by atoms with E-state index in [2.05, 4.69) is 33.2 Å². The zero-order chi connectivity index (χ0) is 14.5. The number of halogens is 1. The molecule has 1 amide bonds. The van der Waals surface area contributed by atoms with Gasteiger partial charge in [0.25, 0.3) is 5.91 Å². The van der Waals surface area contributed by atoms with Crippen molar-refractivity contribution in [3.05, 3.63) is 28.2 Å². The average molecular weight is 341 g/mol. The highest BCUT2D eigenvalue weighted by molar-refractivity contribution is 9.10. The van der Waals surface area contributed by atoms with Gasteiger partial charge in [-0.1, -0.05) is 28.8 Å². The number of hydrogen-bond acceptors (Lipinski definition) is 3. The minimum Gasteiger partial charge on any atom is -0.507 e. The molecule has 0 heterocycles. The number of rotatable bonds is 5. The van der Waals surface area contributed by atoms with Crippen molar-refractivity contribution in [2.24, 2.45) is 0 Å². The largest absolute Gasteiger partial charge is 0.507 e. The van der Waals surface area contributed by atoms with Crippen LogP contribution in [0.5, 0.6) is 5.75 Å². The van der Waals surface area contributed by atoms with E-state index >= 15 is 0 Å². The summed E-state index contributed by atoms with van der Waals surface area (Å²) in [6.07, 6.45) is 5.15. The lowest BCUT2D eigenvalue weighted by Crippen LogP contribution is -2.37. The molecule has 110 valence electrons. The van der Waals surface area contributed by atoms with Crippen molar-refractivity contribution in [1.29, 1.82) is 0 Å². The Balaban J connectivity index is 1.80. The molecule has 1 aromatic rings. The van der Waals surface area contributed by atoms with Gasteiger partial charge >= 0.3 is 0 Å². The fourth-order valence-electron chi connectivity index (χ4n) is 2.67. The van der Waals surface area contributed by atoms with E-state index in [0.717, 1.165) is 11.0 Å². The molecule has 1 aliphatic carbocycles. The second-order valence-electron chi connectivity index (χ2n) is 5.34. The van der Waals surface area contributed by atoms with Gasteiger partial charge in [0.2, 0.25) is 0 Å². The van der Waals surface area contributed by atoms with Crippen LogP contribution in [0, 0.1) is 0 Å². The summed E-state index contributed by atoms with van der Waals surface area (Å²) in [7, 11) is 2.11. The third kappa shape index (κ3) is 3.96. The minimum absolute atomic E-state index is 0.000947. The molecule has 4 nitrogen and oxygen atoms in total. The molecular formula is C15H21BrN2O2. The molecule has 1 fully saturated rings. The van der Waals surface area contributed by atoms with Crippen LogP contribution in [0.4, 0.5) is 0 Å². The summed E-state index contributed by atoms with van der Waals surface area (Å²) >= 11 is 3.26. The number of carbonyl (C=O) groups is 1. The van der Waals surface area contributed by atoms with Gasteiger partial charge in [-0.25, -0.2) is 0 Å². The number of aromatic hydroxyl groups is 1. The lowest BCUT2D eigenvalue weighted by molar-refractivity contribution is 0.0944. The average Bonchev–Trinajstić information content (AvgIpc) is 2.92. The number of phenols is 1. The Morgan fingerprint density at radius 1 is 1.45 bits per heavy atom. The summed E-state index contributed by atoms with van der Waals surface area (Å²) in [4.78, 5) is 14.3. The van der Waals surface area contributed by atoms with Gasteiger partial charge in [-0.05, 0) is 38.1 Å². The van der Waals surface area contributed by atoms with Gasteiger partial charge in [0, 0.05) is 23.6 Å². The Hall–Kier alpha value is -1.07. The molecule has 1 aromatic carbocycles. The zero-order valence-electron chi connectivity index (χ0n) is 11.7. The molecule has 2 N–H and O–H groups in total. The fraction of sp³-hybridized carbons (Fsp3) is 0.533. The Kier molecular flexibility index (Phi) is 5.43. The fourth-order valence-corrected chi connectivity index (χ4v) is 3.01. The molecule has 0 aliphatic heterocycles. The summed E-state index contributed by atoms with van der Waals surface area (Å²) < 4.78 is 0.757. The lowest BCUT2D eigenvalue weighted by atomic mass is 10.2. The van der Waals surface area contributed by atoms with Crippen LogP contribution < -0.4 is 5.32 Å². The van der Waals surface area contributed by atoms with Crippen molar-refractivity contribution in [1.82, 2.24) is 10.2 Å². The Labute approximate surface area is 128 Å². The van der Waals surface area contributed by atoms with Gasteiger partial charge in [-0.2, -0.15) is 0 Å². The Bertz CT molecular complexity index is 473. The van der Waals surface area contributed by atoms with Crippen LogP contribution in [0.15, 0.2) is 22.7 Å². The predicted molar refractivity (Wildman–Crippen MR) is 83.0 cm³/mol. The van der Waals surface area contributed by atoms with Crippen LogP contribution in [0.3, 0.4) is 0 Å². The number of likely N-dealkylation sites (N-methyl/N-ethyl adjacent to an activating group) is 1. The molecule has 0 radical (unpaired) electrons. The van der Waals surface area contributed by atoms with E-state index < -0.39 is 0 Å². The predicted octanol–water partition coefficient (Wildman–Crippen LogP) is 2.76. The second kappa shape index (κ2) is 7.09. The van der Waals surface area contributed by atoms with Gasteiger partial charge in [0.1, 0.15) is 5.75 Å². The highest BCUT2D eigenvalue weighted by atomic mass is 79.9. The summed E-state index contributed by atoms with van der Waals surface area (Å²) in [5.41, 5.74) is 0.316. The quantitative estimate of drug-likeness (QED) is 0.866. The maximum atomic E-state index is 12.0. The van der Waals surface area contributed by atoms with E-state index in [1.54, 1.807) is 12.1 Å². The van der Waals surface area contributed by atoms with Crippen LogP contribution in [-0.2, 0) is 0 Å². The first-order valence-electron chi connectivity index (χ1n) is 7.05. The van der Waals surface area contributed by atoms with Crippen LogP contribution in [0.25, 0.3) is 0 Å². The van der Waals surface area contributed by atoms with E-state index in [1.807, 2.05) is 0 Å². The normalized spacial score (nSPS) is 15.8. The monoisotopic (exact) mass is 340 g/mol. The van der Waals surface area contributed by atoms with E-state index in [9.17, 15) is 9.90 Å². The third-order valence-corrected chi connectivity index (χ3v) is 4.40. The number of hydrogen-bond donors (Lipinski definition) is 2. The number of amides is 1. The standard InChI is InChI=1S/C15H21BrN2O2/c1-18(12-4-2-3-5-12)9-8-17-15(20)13-7-6-11(16)10-14(13)19/h6-7,10,12,19H,2-5,8-9H2,1H3,(H,17,20). The first-order chi connectivity index (χ1) is 9.58. The van der Waals surface area contributed by atoms with Crippen molar-refractivity contribution in [3.63, 3.8) is 0 Å². The molecular weight excluding hydrogens is 320 g/mol. The van der Waals surface area contributed by atoms with Gasteiger partial charge in [-0.3, -0.25) is 4.79 Å². The summed E-state index contributed by atoms with van der Waals surface area (Å²) in [6.45, 7) is 1.44. The highest BCUT2D eigenvalue weighted by Crippen LogP contribution is 2.23. The maximum Gasteiger partial charge on any atom is 0.255 e. The van der Waals surface area contributed by atoms with Gasteiger partial charge < -0.3 is 15.3 Å². The zero-order valence-corrected chi connectivity index (χ0v) is 13.3. The second-order valence-corrected chi connectivity index (χ2v) is 6.25. The summed E-state index contributed by atoms with van der Waals surface area (Å²) in [5, 5.41) is 12.6. The number of benzene rings is 1. The van der Waals surface area contributed by atoms with Crippen molar-refractivity contribution in [2.75, 3.05) is 20.1 Å². The van der Waals surface area contributed by atoms with Crippen molar-refractivity contribution >= 4 is 21.8 Å². The van der Waals surface area contributed by atoms with Crippen LogP contribution >= 0.6 is 15.9 Å². The first-order valence-corrected chi connectivity index (χ1v) is 7.84. The molecule has 0 saturated heterocycles. The Morgan fingerprint density at radius 2 is 2.15 bits per heavy atom. The molecule has 20 heavy (non-hydrogen) atoms. The highest BCUT2D eigenvalue weighted by Gasteiger charge is 2.19. The SMILES string of the molecule is CN(CCNC(=O)c1ccc(Br)cc1O)C1CCCC1. The lowest BCUT2D eigenvalue weighted by Gasteiger charge is -2.23. The van der Waals surface area contributed by atoms with Gasteiger partial charge in [0.05, 0.1) is 5.56 Å². The van der Waals surface area contributed by atoms with E-state index in [-0.39, 0.29) is 11.7 Å². The summed E-state index contributed by atoms with van der Waals surface area (Å²) in [6, 6.07) is 5.56. The molecule has 2 rings (SSSR count). The Morgan fingerprint density at radius 3 is 2.80 bits per heavy atom. The minimum atomic E-state index is -0.227. The van der Waals surface area contributed by atoms with Crippen molar-refractivity contribution < 1.29 is 9.90 Å². The van der Waals surface area contributed by atoms with E-state index in [0.29, 0.717) is 18.2 Å². The van der Waals surface area contributed by atoms with Crippen LogP contribution in [0.2, 0.25) is 0 Å². The number of nitrogens with one attached hydrogen (secondary N) is 1. The van der Waals surface area contributed by atoms with Gasteiger partial charge in [-0.15, -0.1) is 0 Å². The smallest absolute Gasteiger partial charge is 0.255 e. The van der Waals surface area contributed by atoms with E-state index in [4.69, 9.17) is 0 Å². The molecule has 0 spiro atoms. The summed E-state index contributed by atoms with van der Waals surface area (Å²) in [5.74, 6) is -0.226. The van der Waals surface area contributed by atoms with Gasteiger partial charge in [0.15, 0.2) is 0 Å². The molecule has 0 bridgehead atoms. The number of carbonyl (C=O) groups excluding carboxylic acids is 1. The molecule has 1 aliphatic rings. The van der Waals surface area contributed by atoms with Crippen molar-refractivity contribution in [3.8, 4) is 5.75 Å². The molecule has 0 atom stereocenters. The number of nitrogens with zero attached hydrogens (tertiary/aromatic N) is 1. The molecule has 0 unspecified atom stereocenters. The molecule has 5 heteroatoms. The topological polar surface area (TPSA) is 52.6 Å². The van der Waals surface area contributed by atoms with Crippen LogP contribution in [0.1, 0.15) is 36.0 Å². The number of phenolic OH excluding ortho intramolecular Hbond substituents is 1. The van der Waals surface area contributed by atoms with E-state index in [1.165, 1.54) is 31.7 Å². The molecule has 0 aromatic heterocycles. The first kappa shape index (κ1) is 15.3. The third-order valence-electron chi connectivity index (χ3n) is 3.90. The van der Waals surface area contributed by atoms with Crippen LogP contribution in [-0.4, -0.2) is 42.1 Å². The van der Waals surface area contributed by atoms with Crippen molar-refractivity contribution in [2.45, 2.75) is 31.7 Å².